The highest BCUT2D eigenvalue weighted by Gasteiger charge is 2.62. The highest BCUT2D eigenvalue weighted by molar-refractivity contribution is 5.91. The first-order valence-electron chi connectivity index (χ1n) is 11.5. The molecule has 0 aliphatic heterocycles. The summed E-state index contributed by atoms with van der Waals surface area (Å²) in [4.78, 5) is 24.1. The molecular formula is C28H26F2O4. The molecule has 34 heavy (non-hydrogen) atoms. The van der Waals surface area contributed by atoms with Crippen LogP contribution >= 0.6 is 0 Å². The lowest BCUT2D eigenvalue weighted by Crippen LogP contribution is -2.15. The van der Waals surface area contributed by atoms with Crippen molar-refractivity contribution in [2.45, 2.75) is 45.0 Å². The molecule has 176 valence electrons. The molecule has 6 heteroatoms. The quantitative estimate of drug-likeness (QED) is 0.197. The van der Waals surface area contributed by atoms with Crippen LogP contribution < -0.4 is 9.47 Å². The zero-order valence-corrected chi connectivity index (χ0v) is 18.9. The van der Waals surface area contributed by atoms with Crippen molar-refractivity contribution in [3.05, 3.63) is 83.9 Å². The topological polar surface area (TPSA) is 52.6 Å². The minimum absolute atomic E-state index is 0.102. The molecule has 0 bridgehead atoms. The zero-order valence-electron chi connectivity index (χ0n) is 18.9. The molecule has 0 aromatic heterocycles. The first-order chi connectivity index (χ1) is 16.4. The third kappa shape index (κ3) is 5.87. The third-order valence-corrected chi connectivity index (χ3v) is 5.84. The van der Waals surface area contributed by atoms with E-state index in [0.29, 0.717) is 5.75 Å². The minimum atomic E-state index is -2.98. The van der Waals surface area contributed by atoms with Crippen LogP contribution in [0.15, 0.2) is 72.8 Å². The Morgan fingerprint density at radius 1 is 0.824 bits per heavy atom. The first-order valence-corrected chi connectivity index (χ1v) is 11.5. The largest absolute Gasteiger partial charge is 0.426 e. The van der Waals surface area contributed by atoms with Crippen molar-refractivity contribution in [2.75, 3.05) is 0 Å². The summed E-state index contributed by atoms with van der Waals surface area (Å²) in [6.07, 6.45) is 4.24. The summed E-state index contributed by atoms with van der Waals surface area (Å²) in [7, 11) is 0. The number of unbranched alkanes of at least 4 members (excludes halogenated alkanes) is 2. The average molecular weight is 465 g/mol. The van der Waals surface area contributed by atoms with Crippen LogP contribution in [0, 0.1) is 5.92 Å². The minimum Gasteiger partial charge on any atom is -0.426 e. The van der Waals surface area contributed by atoms with Crippen LogP contribution in [0.4, 0.5) is 8.78 Å². The smallest absolute Gasteiger partial charge is 0.343 e. The average Bonchev–Trinajstić information content (AvgIpc) is 3.49. The molecule has 0 amide bonds. The number of rotatable bonds is 9. The second kappa shape index (κ2) is 10.2. The van der Waals surface area contributed by atoms with Gasteiger partial charge in [-0.3, -0.25) is 4.79 Å². The van der Waals surface area contributed by atoms with Gasteiger partial charge in [-0.1, -0.05) is 56.2 Å². The summed E-state index contributed by atoms with van der Waals surface area (Å²) in [5.41, 5.74) is 3.69. The number of carbonyl (C=O) groups excluding carboxylic acids is 2. The second-order valence-electron chi connectivity index (χ2n) is 8.53. The van der Waals surface area contributed by atoms with Crippen molar-refractivity contribution in [3.8, 4) is 22.6 Å². The van der Waals surface area contributed by atoms with Crippen molar-refractivity contribution in [1.82, 2.24) is 0 Å². The molecule has 0 unspecified atom stereocenters. The van der Waals surface area contributed by atoms with Crippen molar-refractivity contribution in [3.63, 3.8) is 0 Å². The van der Waals surface area contributed by atoms with Gasteiger partial charge in [-0.2, -0.15) is 0 Å². The number of halogens is 2. The summed E-state index contributed by atoms with van der Waals surface area (Å²) < 4.78 is 36.3. The Labute approximate surface area is 197 Å². The second-order valence-corrected chi connectivity index (χ2v) is 8.53. The molecule has 0 radical (unpaired) electrons. The van der Waals surface area contributed by atoms with E-state index < -0.39 is 30.2 Å². The van der Waals surface area contributed by atoms with E-state index in [4.69, 9.17) is 9.47 Å². The van der Waals surface area contributed by atoms with Crippen molar-refractivity contribution in [1.29, 1.82) is 0 Å². The van der Waals surface area contributed by atoms with Gasteiger partial charge in [-0.15, -0.1) is 0 Å². The number of alkyl halides is 2. The molecule has 1 atom stereocenters. The summed E-state index contributed by atoms with van der Waals surface area (Å²) in [5.74, 6) is -5.40. The standard InChI is InChI=1S/C28H26F2O4/c1-2-3-4-5-19-6-8-20(9-7-19)21-10-14-23(15-11-21)33-26(31)22-12-16-24(17-13-22)34-27(32)25-18-28(25,29)30/h6-17,25H,2-5,18H2,1H3/t25-/m0/s1. The van der Waals surface area contributed by atoms with Crippen LogP contribution in [-0.4, -0.2) is 17.9 Å². The van der Waals surface area contributed by atoms with Crippen LogP contribution in [0.1, 0.15) is 48.5 Å². The molecule has 0 heterocycles. The van der Waals surface area contributed by atoms with E-state index in [1.54, 1.807) is 12.1 Å². The Bertz CT molecular complexity index is 1140. The van der Waals surface area contributed by atoms with Crippen LogP contribution in [0.25, 0.3) is 11.1 Å². The number of ether oxygens (including phenoxy) is 2. The monoisotopic (exact) mass is 464 g/mol. The van der Waals surface area contributed by atoms with E-state index in [1.807, 2.05) is 12.1 Å². The van der Waals surface area contributed by atoms with Gasteiger partial charge in [0.25, 0.3) is 5.92 Å². The van der Waals surface area contributed by atoms with Crippen molar-refractivity contribution < 1.29 is 27.8 Å². The summed E-state index contributed by atoms with van der Waals surface area (Å²) >= 11 is 0. The molecule has 1 aliphatic rings. The van der Waals surface area contributed by atoms with Gasteiger partial charge in [0.2, 0.25) is 0 Å². The molecule has 0 saturated heterocycles. The van der Waals surface area contributed by atoms with E-state index >= 15 is 0 Å². The highest BCUT2D eigenvalue weighted by Crippen LogP contribution is 2.49. The van der Waals surface area contributed by atoms with Gasteiger partial charge in [0.05, 0.1) is 5.56 Å². The van der Waals surface area contributed by atoms with Crippen molar-refractivity contribution in [2.24, 2.45) is 5.92 Å². The Balaban J connectivity index is 1.31. The fraction of sp³-hybridized carbons (Fsp3) is 0.286. The lowest BCUT2D eigenvalue weighted by Gasteiger charge is -2.08. The van der Waals surface area contributed by atoms with Gasteiger partial charge < -0.3 is 9.47 Å². The van der Waals surface area contributed by atoms with Crippen molar-refractivity contribution >= 4 is 11.9 Å². The molecule has 1 aliphatic carbocycles. The maximum Gasteiger partial charge on any atom is 0.343 e. The molecule has 1 saturated carbocycles. The van der Waals surface area contributed by atoms with Gasteiger partial charge in [0.1, 0.15) is 17.4 Å². The van der Waals surface area contributed by atoms with Crippen LogP contribution in [-0.2, 0) is 11.2 Å². The number of hydrogen-bond donors (Lipinski definition) is 0. The number of hydrogen-bond acceptors (Lipinski definition) is 4. The fourth-order valence-corrected chi connectivity index (χ4v) is 3.64. The van der Waals surface area contributed by atoms with E-state index in [-0.39, 0.29) is 11.3 Å². The Morgan fingerprint density at radius 3 is 1.91 bits per heavy atom. The Hall–Kier alpha value is -3.54. The summed E-state index contributed by atoms with van der Waals surface area (Å²) in [6.45, 7) is 2.20. The maximum atomic E-state index is 13.0. The third-order valence-electron chi connectivity index (χ3n) is 5.84. The number of aryl methyl sites for hydroxylation is 1. The summed E-state index contributed by atoms with van der Waals surface area (Å²) in [6, 6.07) is 21.3. The van der Waals surface area contributed by atoms with E-state index in [0.717, 1.165) is 17.5 Å². The SMILES string of the molecule is CCCCCc1ccc(-c2ccc(OC(=O)c3ccc(OC(=O)[C@@H]4CC4(F)F)cc3)cc2)cc1. The highest BCUT2D eigenvalue weighted by atomic mass is 19.3. The lowest BCUT2D eigenvalue weighted by atomic mass is 10.0. The molecule has 0 N–H and O–H groups in total. The summed E-state index contributed by atoms with van der Waals surface area (Å²) in [5, 5.41) is 0. The van der Waals surface area contributed by atoms with Gasteiger partial charge in [0.15, 0.2) is 0 Å². The lowest BCUT2D eigenvalue weighted by molar-refractivity contribution is -0.138. The van der Waals surface area contributed by atoms with E-state index in [1.165, 1.54) is 49.1 Å². The molecule has 0 spiro atoms. The van der Waals surface area contributed by atoms with Gasteiger partial charge in [0, 0.05) is 6.42 Å². The van der Waals surface area contributed by atoms with Crippen LogP contribution in [0.5, 0.6) is 11.5 Å². The number of benzene rings is 3. The predicted molar refractivity (Wildman–Crippen MR) is 125 cm³/mol. The molecule has 1 fully saturated rings. The number of esters is 2. The fourth-order valence-electron chi connectivity index (χ4n) is 3.64. The zero-order chi connectivity index (χ0) is 24.1. The van der Waals surface area contributed by atoms with E-state index in [9.17, 15) is 18.4 Å². The van der Waals surface area contributed by atoms with Gasteiger partial charge >= 0.3 is 11.9 Å². The van der Waals surface area contributed by atoms with Crippen LogP contribution in [0.3, 0.4) is 0 Å². The molecule has 3 aromatic carbocycles. The maximum absolute atomic E-state index is 13.0. The predicted octanol–water partition coefficient (Wildman–Crippen LogP) is 6.87. The Kier molecular flexibility index (Phi) is 7.06. The van der Waals surface area contributed by atoms with E-state index in [2.05, 4.69) is 31.2 Å². The normalized spacial score (nSPS) is 16.0. The molecule has 4 rings (SSSR count). The van der Waals surface area contributed by atoms with Gasteiger partial charge in [-0.05, 0) is 65.9 Å². The first kappa shape index (κ1) is 23.6. The Morgan fingerprint density at radius 2 is 1.35 bits per heavy atom. The molecule has 4 nitrogen and oxygen atoms in total. The number of carbonyl (C=O) groups is 2. The molecular weight excluding hydrogens is 438 g/mol. The molecule has 3 aromatic rings. The van der Waals surface area contributed by atoms with Gasteiger partial charge in [-0.25, -0.2) is 13.6 Å². The van der Waals surface area contributed by atoms with Crippen LogP contribution in [0.2, 0.25) is 0 Å².